The predicted octanol–water partition coefficient (Wildman–Crippen LogP) is 3.17. The summed E-state index contributed by atoms with van der Waals surface area (Å²) >= 11 is 6.17. The minimum Gasteiger partial charge on any atom is -0.380 e. The van der Waals surface area contributed by atoms with Crippen molar-refractivity contribution in [2.24, 2.45) is 0 Å². The zero-order chi connectivity index (χ0) is 11.4. The van der Waals surface area contributed by atoms with E-state index >= 15 is 0 Å². The Balaban J connectivity index is 1.96. The number of hydrogen-bond donors (Lipinski definition) is 1. The molecule has 16 heavy (non-hydrogen) atoms. The lowest BCUT2D eigenvalue weighted by Gasteiger charge is -2.27. The molecular formula is C13H18ClNO. The maximum absolute atomic E-state index is 6.17. The van der Waals surface area contributed by atoms with Gasteiger partial charge in [-0.1, -0.05) is 29.8 Å². The van der Waals surface area contributed by atoms with Gasteiger partial charge in [0.25, 0.3) is 0 Å². The van der Waals surface area contributed by atoms with Crippen molar-refractivity contribution in [3.8, 4) is 0 Å². The van der Waals surface area contributed by atoms with Crippen molar-refractivity contribution in [2.45, 2.75) is 31.8 Å². The fourth-order valence-electron chi connectivity index (χ4n) is 2.14. The molecule has 0 bridgehead atoms. The minimum absolute atomic E-state index is 0.278. The molecule has 1 saturated heterocycles. The smallest absolute Gasteiger partial charge is 0.0619 e. The van der Waals surface area contributed by atoms with E-state index in [0.29, 0.717) is 6.04 Å². The van der Waals surface area contributed by atoms with Gasteiger partial charge in [0, 0.05) is 23.7 Å². The molecule has 0 spiro atoms. The van der Waals surface area contributed by atoms with Gasteiger partial charge in [0.1, 0.15) is 0 Å². The summed E-state index contributed by atoms with van der Waals surface area (Å²) in [6, 6.07) is 8.73. The summed E-state index contributed by atoms with van der Waals surface area (Å²) < 4.78 is 5.45. The number of hydrogen-bond acceptors (Lipinski definition) is 2. The fraction of sp³-hybridized carbons (Fsp3) is 0.538. The molecule has 2 atom stereocenters. The summed E-state index contributed by atoms with van der Waals surface area (Å²) in [7, 11) is 0. The van der Waals surface area contributed by atoms with Crippen LogP contribution in [0.4, 0.5) is 0 Å². The zero-order valence-corrected chi connectivity index (χ0v) is 10.3. The standard InChI is InChI=1S/C13H18ClNO/c1-10(12-6-2-3-7-13(12)14)15-11-5-4-8-16-9-11/h2-3,6-7,10-11,15H,4-5,8-9H2,1H3/t10-,11?/m1/s1. The maximum atomic E-state index is 6.17. The molecule has 2 nitrogen and oxygen atoms in total. The normalized spacial score (nSPS) is 23.0. The van der Waals surface area contributed by atoms with E-state index in [1.54, 1.807) is 0 Å². The SMILES string of the molecule is C[C@@H](NC1CCCOC1)c1ccccc1Cl. The van der Waals surface area contributed by atoms with Crippen LogP contribution in [0, 0.1) is 0 Å². The van der Waals surface area contributed by atoms with E-state index in [9.17, 15) is 0 Å². The lowest BCUT2D eigenvalue weighted by atomic mass is 10.0. The average Bonchev–Trinajstić information content (AvgIpc) is 2.31. The summed E-state index contributed by atoms with van der Waals surface area (Å²) in [6.07, 6.45) is 2.34. The highest BCUT2D eigenvalue weighted by atomic mass is 35.5. The first-order valence-corrected chi connectivity index (χ1v) is 6.23. The van der Waals surface area contributed by atoms with Crippen molar-refractivity contribution in [3.63, 3.8) is 0 Å². The quantitative estimate of drug-likeness (QED) is 0.875. The van der Waals surface area contributed by atoms with Crippen LogP contribution >= 0.6 is 11.6 Å². The van der Waals surface area contributed by atoms with Crippen LogP contribution in [-0.2, 0) is 4.74 Å². The van der Waals surface area contributed by atoms with E-state index in [4.69, 9.17) is 16.3 Å². The Morgan fingerprint density at radius 2 is 2.25 bits per heavy atom. The van der Waals surface area contributed by atoms with E-state index < -0.39 is 0 Å². The molecule has 0 aromatic heterocycles. The van der Waals surface area contributed by atoms with Crippen LogP contribution in [0.2, 0.25) is 5.02 Å². The molecule has 0 radical (unpaired) electrons. The first-order chi connectivity index (χ1) is 7.77. The summed E-state index contributed by atoms with van der Waals surface area (Å²) in [4.78, 5) is 0. The molecule has 1 aromatic carbocycles. The third-order valence-corrected chi connectivity index (χ3v) is 3.36. The maximum Gasteiger partial charge on any atom is 0.0619 e. The Hall–Kier alpha value is -0.570. The Kier molecular flexibility index (Phi) is 4.22. The molecule has 1 heterocycles. The van der Waals surface area contributed by atoms with Crippen LogP contribution in [-0.4, -0.2) is 19.3 Å². The zero-order valence-electron chi connectivity index (χ0n) is 9.58. The molecule has 0 aliphatic carbocycles. The predicted molar refractivity (Wildman–Crippen MR) is 66.8 cm³/mol. The van der Waals surface area contributed by atoms with E-state index in [2.05, 4.69) is 18.3 Å². The molecular weight excluding hydrogens is 222 g/mol. The van der Waals surface area contributed by atoms with Crippen LogP contribution in [0.25, 0.3) is 0 Å². The van der Waals surface area contributed by atoms with Crippen molar-refractivity contribution in [3.05, 3.63) is 34.9 Å². The average molecular weight is 240 g/mol. The highest BCUT2D eigenvalue weighted by Gasteiger charge is 2.17. The van der Waals surface area contributed by atoms with E-state index in [0.717, 1.165) is 30.2 Å². The van der Waals surface area contributed by atoms with Crippen LogP contribution in [0.3, 0.4) is 0 Å². The molecule has 3 heteroatoms. The van der Waals surface area contributed by atoms with Crippen molar-refractivity contribution in [1.82, 2.24) is 5.32 Å². The monoisotopic (exact) mass is 239 g/mol. The second-order valence-electron chi connectivity index (χ2n) is 4.32. The summed E-state index contributed by atoms with van der Waals surface area (Å²) in [6.45, 7) is 3.86. The third kappa shape index (κ3) is 2.97. The van der Waals surface area contributed by atoms with Crippen LogP contribution < -0.4 is 5.32 Å². The van der Waals surface area contributed by atoms with E-state index in [-0.39, 0.29) is 6.04 Å². The number of rotatable bonds is 3. The van der Waals surface area contributed by atoms with Crippen molar-refractivity contribution >= 4 is 11.6 Å². The molecule has 1 aliphatic rings. The van der Waals surface area contributed by atoms with Gasteiger partial charge in [-0.15, -0.1) is 0 Å². The van der Waals surface area contributed by atoms with Gasteiger partial charge < -0.3 is 10.1 Å². The van der Waals surface area contributed by atoms with Gasteiger partial charge >= 0.3 is 0 Å². The molecule has 0 amide bonds. The number of ether oxygens (including phenoxy) is 1. The van der Waals surface area contributed by atoms with Gasteiger partial charge in [-0.05, 0) is 31.4 Å². The van der Waals surface area contributed by atoms with Gasteiger partial charge in [-0.25, -0.2) is 0 Å². The Bertz CT molecular complexity index is 336. The Morgan fingerprint density at radius 3 is 2.94 bits per heavy atom. The van der Waals surface area contributed by atoms with Crippen LogP contribution in [0.15, 0.2) is 24.3 Å². The molecule has 1 N–H and O–H groups in total. The minimum atomic E-state index is 0.278. The largest absolute Gasteiger partial charge is 0.380 e. The highest BCUT2D eigenvalue weighted by Crippen LogP contribution is 2.23. The number of nitrogens with one attached hydrogen (secondary N) is 1. The van der Waals surface area contributed by atoms with Crippen LogP contribution in [0.1, 0.15) is 31.4 Å². The molecule has 1 fully saturated rings. The van der Waals surface area contributed by atoms with E-state index in [1.165, 1.54) is 6.42 Å². The van der Waals surface area contributed by atoms with Gasteiger partial charge in [0.05, 0.1) is 6.61 Å². The second kappa shape index (κ2) is 5.67. The van der Waals surface area contributed by atoms with E-state index in [1.807, 2.05) is 18.2 Å². The molecule has 1 aliphatic heterocycles. The second-order valence-corrected chi connectivity index (χ2v) is 4.73. The van der Waals surface area contributed by atoms with Crippen molar-refractivity contribution in [2.75, 3.05) is 13.2 Å². The van der Waals surface area contributed by atoms with Crippen molar-refractivity contribution < 1.29 is 4.74 Å². The topological polar surface area (TPSA) is 21.3 Å². The first-order valence-electron chi connectivity index (χ1n) is 5.85. The van der Waals surface area contributed by atoms with Gasteiger partial charge in [-0.3, -0.25) is 0 Å². The molecule has 0 saturated carbocycles. The third-order valence-electron chi connectivity index (χ3n) is 3.02. The Morgan fingerprint density at radius 1 is 1.44 bits per heavy atom. The van der Waals surface area contributed by atoms with Gasteiger partial charge in [-0.2, -0.15) is 0 Å². The fourth-order valence-corrected chi connectivity index (χ4v) is 2.44. The van der Waals surface area contributed by atoms with Crippen LogP contribution in [0.5, 0.6) is 0 Å². The van der Waals surface area contributed by atoms with Crippen molar-refractivity contribution in [1.29, 1.82) is 0 Å². The molecule has 1 aromatic rings. The summed E-state index contributed by atoms with van der Waals surface area (Å²) in [5, 5.41) is 4.40. The lowest BCUT2D eigenvalue weighted by Crippen LogP contribution is -2.38. The van der Waals surface area contributed by atoms with Gasteiger partial charge in [0.2, 0.25) is 0 Å². The van der Waals surface area contributed by atoms with Gasteiger partial charge in [0.15, 0.2) is 0 Å². The summed E-state index contributed by atoms with van der Waals surface area (Å²) in [5.41, 5.74) is 1.16. The first kappa shape index (κ1) is 11.9. The number of benzene rings is 1. The highest BCUT2D eigenvalue weighted by molar-refractivity contribution is 6.31. The molecule has 2 rings (SSSR count). The molecule has 1 unspecified atom stereocenters. The molecule has 88 valence electrons. The Labute approximate surface area is 102 Å². The summed E-state index contributed by atoms with van der Waals surface area (Å²) in [5.74, 6) is 0. The number of halogens is 1. The lowest BCUT2D eigenvalue weighted by molar-refractivity contribution is 0.0671.